The quantitative estimate of drug-likeness (QED) is 0.0966. The molecule has 0 aromatic carbocycles. The Bertz CT molecular complexity index is 1050. The summed E-state index contributed by atoms with van der Waals surface area (Å²) in [5, 5.41) is 15.1. The number of carbonyl (C=O) groups excluding carboxylic acids is 6. The summed E-state index contributed by atoms with van der Waals surface area (Å²) in [6.07, 6.45) is -0.596. The van der Waals surface area contributed by atoms with E-state index in [4.69, 9.17) is 26.1 Å². The second kappa shape index (κ2) is 19.9. The number of halogens is 3. The van der Waals surface area contributed by atoms with Gasteiger partial charge in [-0.1, -0.05) is 6.08 Å². The van der Waals surface area contributed by atoms with Crippen LogP contribution in [0.3, 0.4) is 0 Å². The number of hydrogen-bond donors (Lipinski definition) is 6. The number of amides is 5. The SMILES string of the molecule is CCOC(=O)/C=C/[C@H](CCC(N)=O)NC(=O)[C@H](CCCN)NC(=O)[C@H](C)NC(=O)[C@@H]1CCCN1C(C)=O.O=C(O)C(F)(F)F. The van der Waals surface area contributed by atoms with Gasteiger partial charge in [0.25, 0.3) is 0 Å². The Morgan fingerprint density at radius 1 is 1.07 bits per heavy atom. The van der Waals surface area contributed by atoms with Crippen molar-refractivity contribution in [2.45, 2.75) is 89.6 Å². The number of hydrogen-bond acceptors (Lipinski definition) is 9. The van der Waals surface area contributed by atoms with Crippen molar-refractivity contribution in [2.75, 3.05) is 19.7 Å². The van der Waals surface area contributed by atoms with Crippen LogP contribution in [0, 0.1) is 0 Å². The lowest BCUT2D eigenvalue weighted by Crippen LogP contribution is -2.56. The molecule has 1 saturated heterocycles. The normalized spacial score (nSPS) is 16.5. The van der Waals surface area contributed by atoms with E-state index in [2.05, 4.69) is 16.0 Å². The van der Waals surface area contributed by atoms with Crippen LogP contribution in [0.15, 0.2) is 12.2 Å². The Hall–Kier alpha value is -4.22. The fourth-order valence-electron chi connectivity index (χ4n) is 3.86. The lowest BCUT2D eigenvalue weighted by atomic mass is 10.1. The highest BCUT2D eigenvalue weighted by Crippen LogP contribution is 2.17. The molecule has 4 atom stereocenters. The van der Waals surface area contributed by atoms with Gasteiger partial charge < -0.3 is 42.2 Å². The number of carboxylic acids is 1. The molecule has 0 radical (unpaired) electrons. The average Bonchev–Trinajstić information content (AvgIpc) is 3.43. The van der Waals surface area contributed by atoms with Crippen molar-refractivity contribution >= 4 is 41.5 Å². The molecule has 5 amide bonds. The second-order valence-corrected chi connectivity index (χ2v) is 9.63. The smallest absolute Gasteiger partial charge is 0.475 e. The van der Waals surface area contributed by atoms with E-state index in [1.54, 1.807) is 6.92 Å². The number of alkyl halides is 3. The molecule has 0 aliphatic carbocycles. The topological polar surface area (TPSA) is 240 Å². The lowest BCUT2D eigenvalue weighted by Gasteiger charge is -2.26. The Morgan fingerprint density at radius 2 is 1.68 bits per heavy atom. The van der Waals surface area contributed by atoms with Gasteiger partial charge in [0.2, 0.25) is 29.5 Å². The third kappa shape index (κ3) is 15.9. The van der Waals surface area contributed by atoms with Crippen molar-refractivity contribution in [3.05, 3.63) is 12.2 Å². The van der Waals surface area contributed by atoms with Crippen LogP contribution in [0.2, 0.25) is 0 Å². The summed E-state index contributed by atoms with van der Waals surface area (Å²) in [6, 6.07) is -3.31. The third-order valence-corrected chi connectivity index (χ3v) is 6.06. The summed E-state index contributed by atoms with van der Waals surface area (Å²) in [7, 11) is 0. The van der Waals surface area contributed by atoms with Gasteiger partial charge in [-0.25, -0.2) is 9.59 Å². The van der Waals surface area contributed by atoms with Gasteiger partial charge in [-0.2, -0.15) is 13.2 Å². The van der Waals surface area contributed by atoms with Crippen molar-refractivity contribution in [3.63, 3.8) is 0 Å². The number of ether oxygens (including phenoxy) is 1. The summed E-state index contributed by atoms with van der Waals surface area (Å²) >= 11 is 0. The Balaban J connectivity index is 0.00000234. The van der Waals surface area contributed by atoms with Crippen LogP contribution in [0.1, 0.15) is 59.3 Å². The maximum absolute atomic E-state index is 13.0. The van der Waals surface area contributed by atoms with Gasteiger partial charge in [-0.3, -0.25) is 24.0 Å². The molecule has 1 aliphatic rings. The van der Waals surface area contributed by atoms with E-state index in [1.807, 2.05) is 0 Å². The number of esters is 1. The Kier molecular flexibility index (Phi) is 18.0. The van der Waals surface area contributed by atoms with Crippen LogP contribution >= 0.6 is 0 Å². The highest BCUT2D eigenvalue weighted by molar-refractivity contribution is 5.94. The highest BCUT2D eigenvalue weighted by Gasteiger charge is 2.38. The standard InChI is InChI=1S/C24H40N6O7.C2HF3O2/c1-4-37-21(33)12-10-17(9-11-20(26)32)28-23(35)18(7-5-13-25)29-22(34)15(2)27-24(36)19-8-6-14-30(19)16(3)31;3-2(4,5)1(6)7/h10,12,15,17-19H,4-9,11,13-14,25H2,1-3H3,(H2,26,32)(H,27,36)(H,28,35)(H,29,34);(H,6,7)/b12-10+;/t15-,17-,18-,19-;/m0./s1. The predicted octanol–water partition coefficient (Wildman–Crippen LogP) is -0.771. The van der Waals surface area contributed by atoms with E-state index in [0.29, 0.717) is 25.8 Å². The van der Waals surface area contributed by atoms with Gasteiger partial charge in [0, 0.05) is 32.0 Å². The number of rotatable bonds is 15. The zero-order valence-corrected chi connectivity index (χ0v) is 24.8. The molecule has 1 heterocycles. The fourth-order valence-corrected chi connectivity index (χ4v) is 3.86. The lowest BCUT2D eigenvalue weighted by molar-refractivity contribution is -0.192. The van der Waals surface area contributed by atoms with E-state index >= 15 is 0 Å². The fraction of sp³-hybridized carbons (Fsp3) is 0.654. The van der Waals surface area contributed by atoms with Crippen LogP contribution in [-0.4, -0.2) is 102 Å². The average molecular weight is 639 g/mol. The first-order valence-electron chi connectivity index (χ1n) is 13.8. The number of nitrogens with two attached hydrogens (primary N) is 2. The van der Waals surface area contributed by atoms with Crippen molar-refractivity contribution in [1.29, 1.82) is 0 Å². The maximum atomic E-state index is 13.0. The first kappa shape index (κ1) is 39.8. The molecule has 250 valence electrons. The minimum Gasteiger partial charge on any atom is -0.475 e. The zero-order chi connectivity index (χ0) is 34.0. The molecule has 0 unspecified atom stereocenters. The summed E-state index contributed by atoms with van der Waals surface area (Å²) in [4.78, 5) is 83.5. The molecule has 0 spiro atoms. The van der Waals surface area contributed by atoms with Crippen LogP contribution in [-0.2, 0) is 38.3 Å². The van der Waals surface area contributed by atoms with Crippen LogP contribution in [0.5, 0.6) is 0 Å². The molecule has 0 bridgehead atoms. The molecule has 0 aromatic rings. The number of primary amides is 1. The van der Waals surface area contributed by atoms with E-state index in [0.717, 1.165) is 6.08 Å². The van der Waals surface area contributed by atoms with Gasteiger partial charge in [0.15, 0.2) is 0 Å². The number of carboxylic acid groups (broad SMARTS) is 1. The van der Waals surface area contributed by atoms with E-state index in [9.17, 15) is 41.9 Å². The van der Waals surface area contributed by atoms with Gasteiger partial charge in [-0.05, 0) is 52.5 Å². The second-order valence-electron chi connectivity index (χ2n) is 9.63. The molecular weight excluding hydrogens is 597 g/mol. The van der Waals surface area contributed by atoms with Crippen LogP contribution in [0.25, 0.3) is 0 Å². The van der Waals surface area contributed by atoms with Gasteiger partial charge >= 0.3 is 18.1 Å². The van der Waals surface area contributed by atoms with Crippen molar-refractivity contribution in [2.24, 2.45) is 11.5 Å². The molecule has 8 N–H and O–H groups in total. The summed E-state index contributed by atoms with van der Waals surface area (Å²) in [5.41, 5.74) is 10.8. The number of nitrogens with one attached hydrogen (secondary N) is 3. The van der Waals surface area contributed by atoms with E-state index < -0.39 is 65.9 Å². The molecule has 1 rings (SSSR count). The van der Waals surface area contributed by atoms with Crippen LogP contribution < -0.4 is 27.4 Å². The molecule has 15 nitrogen and oxygen atoms in total. The van der Waals surface area contributed by atoms with Crippen molar-refractivity contribution < 1.29 is 56.6 Å². The molecule has 44 heavy (non-hydrogen) atoms. The predicted molar refractivity (Wildman–Crippen MR) is 148 cm³/mol. The maximum Gasteiger partial charge on any atom is 0.490 e. The first-order chi connectivity index (χ1) is 20.4. The highest BCUT2D eigenvalue weighted by atomic mass is 19.4. The molecule has 1 fully saturated rings. The minimum atomic E-state index is -5.08. The largest absolute Gasteiger partial charge is 0.490 e. The van der Waals surface area contributed by atoms with Gasteiger partial charge in [0.1, 0.15) is 18.1 Å². The summed E-state index contributed by atoms with van der Waals surface area (Å²) in [5.74, 6) is -5.73. The Labute approximate surface area is 252 Å². The minimum absolute atomic E-state index is 0.0422. The van der Waals surface area contributed by atoms with Gasteiger partial charge in [0.05, 0.1) is 6.61 Å². The Morgan fingerprint density at radius 3 is 2.18 bits per heavy atom. The van der Waals surface area contributed by atoms with Crippen LogP contribution in [0.4, 0.5) is 13.2 Å². The number of likely N-dealkylation sites (tertiary alicyclic amines) is 1. The monoisotopic (exact) mass is 638 g/mol. The third-order valence-electron chi connectivity index (χ3n) is 6.06. The molecule has 1 aliphatic heterocycles. The van der Waals surface area contributed by atoms with Crippen molar-refractivity contribution in [1.82, 2.24) is 20.9 Å². The van der Waals surface area contributed by atoms with Crippen molar-refractivity contribution in [3.8, 4) is 0 Å². The number of aliphatic carboxylic acids is 1. The first-order valence-corrected chi connectivity index (χ1v) is 13.8. The molecule has 18 heteroatoms. The number of carbonyl (C=O) groups is 7. The number of nitrogens with zero attached hydrogens (tertiary/aromatic N) is 1. The molecule has 0 saturated carbocycles. The van der Waals surface area contributed by atoms with Gasteiger partial charge in [-0.15, -0.1) is 0 Å². The summed E-state index contributed by atoms with van der Waals surface area (Å²) in [6.45, 7) is 5.46. The molecule has 0 aromatic heterocycles. The molecular formula is C26H41F3N6O9. The van der Waals surface area contributed by atoms with E-state index in [-0.39, 0.29) is 38.3 Å². The van der Waals surface area contributed by atoms with E-state index in [1.165, 1.54) is 24.8 Å². The zero-order valence-electron chi connectivity index (χ0n) is 24.8. The summed E-state index contributed by atoms with van der Waals surface area (Å²) < 4.78 is 36.6.